The van der Waals surface area contributed by atoms with Crippen LogP contribution in [0.5, 0.6) is 11.5 Å². The van der Waals surface area contributed by atoms with Gasteiger partial charge in [0.05, 0.1) is 14.2 Å². The third-order valence-corrected chi connectivity index (χ3v) is 3.11. The Kier molecular flexibility index (Phi) is 4.78. The maximum atomic E-state index is 5.33. The van der Waals surface area contributed by atoms with E-state index >= 15 is 0 Å². The number of benzene rings is 1. The fourth-order valence-electron chi connectivity index (χ4n) is 1.58. The molecule has 0 fully saturated rings. The zero-order valence-corrected chi connectivity index (χ0v) is 12.8. The molecule has 19 heavy (non-hydrogen) atoms. The highest BCUT2D eigenvalue weighted by atomic mass is 127. The molecular weight excluding hydrogens is 357 g/mol. The molecule has 6 heteroatoms. The fraction of sp³-hybridized carbons (Fsp3) is 0.231. The van der Waals surface area contributed by atoms with E-state index in [9.17, 15) is 0 Å². The van der Waals surface area contributed by atoms with Crippen LogP contribution in [0.3, 0.4) is 0 Å². The van der Waals surface area contributed by atoms with Gasteiger partial charge in [0.25, 0.3) is 0 Å². The maximum absolute atomic E-state index is 5.33. The van der Waals surface area contributed by atoms with Crippen LogP contribution in [-0.2, 0) is 6.54 Å². The van der Waals surface area contributed by atoms with Crippen LogP contribution in [0.4, 0.5) is 5.95 Å². The Bertz CT molecular complexity index is 546. The third-order valence-electron chi connectivity index (χ3n) is 2.55. The van der Waals surface area contributed by atoms with Crippen molar-refractivity contribution in [3.63, 3.8) is 0 Å². The molecule has 1 N–H and O–H groups in total. The maximum Gasteiger partial charge on any atom is 0.222 e. The van der Waals surface area contributed by atoms with E-state index in [-0.39, 0.29) is 0 Å². The zero-order valence-electron chi connectivity index (χ0n) is 10.7. The summed E-state index contributed by atoms with van der Waals surface area (Å²) in [5.41, 5.74) is 1.02. The quantitative estimate of drug-likeness (QED) is 0.820. The predicted molar refractivity (Wildman–Crippen MR) is 81.6 cm³/mol. The summed E-state index contributed by atoms with van der Waals surface area (Å²) >= 11 is 2.17. The molecule has 0 amide bonds. The Morgan fingerprint density at radius 2 is 1.89 bits per heavy atom. The van der Waals surface area contributed by atoms with Crippen molar-refractivity contribution in [3.8, 4) is 11.5 Å². The van der Waals surface area contributed by atoms with E-state index in [0.717, 1.165) is 20.6 Å². The third kappa shape index (κ3) is 3.69. The van der Waals surface area contributed by atoms with Crippen molar-refractivity contribution in [2.75, 3.05) is 19.5 Å². The second kappa shape index (κ2) is 6.55. The number of rotatable bonds is 5. The van der Waals surface area contributed by atoms with Gasteiger partial charge in [-0.05, 0) is 34.7 Å². The lowest BCUT2D eigenvalue weighted by molar-refractivity contribution is 0.391. The van der Waals surface area contributed by atoms with E-state index in [1.165, 1.54) is 0 Å². The molecule has 0 atom stereocenters. The molecule has 0 bridgehead atoms. The number of nitrogens with one attached hydrogen (secondary N) is 1. The van der Waals surface area contributed by atoms with Gasteiger partial charge in [0.2, 0.25) is 5.95 Å². The van der Waals surface area contributed by atoms with Gasteiger partial charge in [0.15, 0.2) is 0 Å². The minimum absolute atomic E-state index is 0.591. The van der Waals surface area contributed by atoms with Gasteiger partial charge in [-0.15, -0.1) is 0 Å². The Balaban J connectivity index is 2.08. The largest absolute Gasteiger partial charge is 0.497 e. The molecule has 0 radical (unpaired) electrons. The number of methoxy groups -OCH3 is 2. The van der Waals surface area contributed by atoms with Crippen molar-refractivity contribution in [1.82, 2.24) is 9.97 Å². The van der Waals surface area contributed by atoms with E-state index in [0.29, 0.717) is 12.5 Å². The van der Waals surface area contributed by atoms with Gasteiger partial charge in [-0.3, -0.25) is 0 Å². The first kappa shape index (κ1) is 13.9. The number of hydrogen-bond acceptors (Lipinski definition) is 5. The summed E-state index contributed by atoms with van der Waals surface area (Å²) in [6.07, 6.45) is 3.53. The van der Waals surface area contributed by atoms with E-state index in [4.69, 9.17) is 9.47 Å². The second-order valence-electron chi connectivity index (χ2n) is 3.76. The van der Waals surface area contributed by atoms with Crippen molar-refractivity contribution < 1.29 is 9.47 Å². The first-order valence-corrected chi connectivity index (χ1v) is 6.73. The lowest BCUT2D eigenvalue weighted by Crippen LogP contribution is -2.05. The molecule has 0 saturated carbocycles. The summed E-state index contributed by atoms with van der Waals surface area (Å²) in [6, 6.07) is 5.71. The van der Waals surface area contributed by atoms with Crippen LogP contribution in [0.1, 0.15) is 5.56 Å². The Morgan fingerprint density at radius 3 is 2.53 bits per heavy atom. The van der Waals surface area contributed by atoms with E-state index < -0.39 is 0 Å². The van der Waals surface area contributed by atoms with Gasteiger partial charge in [-0.1, -0.05) is 0 Å². The molecule has 1 heterocycles. The van der Waals surface area contributed by atoms with E-state index in [1.807, 2.05) is 18.2 Å². The molecule has 1 aromatic heterocycles. The molecular formula is C13H14IN3O2. The van der Waals surface area contributed by atoms with Crippen molar-refractivity contribution in [2.24, 2.45) is 0 Å². The minimum Gasteiger partial charge on any atom is -0.497 e. The molecule has 2 aromatic rings. The van der Waals surface area contributed by atoms with Crippen molar-refractivity contribution in [1.29, 1.82) is 0 Å². The van der Waals surface area contributed by atoms with Crippen LogP contribution < -0.4 is 14.8 Å². The van der Waals surface area contributed by atoms with Crippen molar-refractivity contribution in [2.45, 2.75) is 6.54 Å². The smallest absolute Gasteiger partial charge is 0.222 e. The SMILES string of the molecule is COc1ccc(CNc2ncc(I)cn2)c(OC)c1. The van der Waals surface area contributed by atoms with E-state index in [1.54, 1.807) is 26.6 Å². The Morgan fingerprint density at radius 1 is 1.16 bits per heavy atom. The molecule has 0 aliphatic carbocycles. The highest BCUT2D eigenvalue weighted by molar-refractivity contribution is 14.1. The summed E-state index contributed by atoms with van der Waals surface area (Å²) in [6.45, 7) is 0.591. The van der Waals surface area contributed by atoms with Crippen LogP contribution in [0.15, 0.2) is 30.6 Å². The summed E-state index contributed by atoms with van der Waals surface area (Å²) in [5, 5.41) is 3.15. The van der Waals surface area contributed by atoms with Crippen molar-refractivity contribution >= 4 is 28.5 Å². The predicted octanol–water partition coefficient (Wildman–Crippen LogP) is 2.71. The Hall–Kier alpha value is -1.57. The highest BCUT2D eigenvalue weighted by Gasteiger charge is 2.05. The van der Waals surface area contributed by atoms with Crippen LogP contribution >= 0.6 is 22.6 Å². The number of hydrogen-bond donors (Lipinski definition) is 1. The monoisotopic (exact) mass is 371 g/mol. The number of ether oxygens (including phenoxy) is 2. The molecule has 5 nitrogen and oxygen atoms in total. The molecule has 0 spiro atoms. The fourth-order valence-corrected chi connectivity index (χ4v) is 1.85. The van der Waals surface area contributed by atoms with Crippen LogP contribution in [0.25, 0.3) is 0 Å². The average Bonchev–Trinajstić information content (AvgIpc) is 2.46. The standard InChI is InChI=1S/C13H14IN3O2/c1-18-11-4-3-9(12(5-11)19-2)6-15-13-16-7-10(14)8-17-13/h3-5,7-8H,6H2,1-2H3,(H,15,16,17). The number of halogens is 1. The minimum atomic E-state index is 0.591. The first-order valence-electron chi connectivity index (χ1n) is 5.65. The van der Waals surface area contributed by atoms with Gasteiger partial charge < -0.3 is 14.8 Å². The molecule has 1 aromatic carbocycles. The molecule has 2 rings (SSSR count). The van der Waals surface area contributed by atoms with Gasteiger partial charge in [-0.25, -0.2) is 9.97 Å². The molecule has 0 aliphatic heterocycles. The Labute approximate surface area is 125 Å². The summed E-state index contributed by atoms with van der Waals surface area (Å²) < 4.78 is 11.5. The van der Waals surface area contributed by atoms with E-state index in [2.05, 4.69) is 37.9 Å². The molecule has 0 unspecified atom stereocenters. The van der Waals surface area contributed by atoms with Gasteiger partial charge in [-0.2, -0.15) is 0 Å². The number of nitrogens with zero attached hydrogens (tertiary/aromatic N) is 2. The second-order valence-corrected chi connectivity index (χ2v) is 5.00. The van der Waals surface area contributed by atoms with Crippen LogP contribution in [0.2, 0.25) is 0 Å². The van der Waals surface area contributed by atoms with Gasteiger partial charge in [0.1, 0.15) is 11.5 Å². The summed E-state index contributed by atoms with van der Waals surface area (Å²) in [7, 11) is 3.27. The number of aromatic nitrogens is 2. The first-order chi connectivity index (χ1) is 9.22. The molecule has 0 aliphatic rings. The topological polar surface area (TPSA) is 56.3 Å². The number of anilines is 1. The van der Waals surface area contributed by atoms with Gasteiger partial charge in [0, 0.05) is 34.1 Å². The lowest BCUT2D eigenvalue weighted by atomic mass is 10.2. The van der Waals surface area contributed by atoms with Crippen molar-refractivity contribution in [3.05, 3.63) is 39.7 Å². The lowest BCUT2D eigenvalue weighted by Gasteiger charge is -2.11. The summed E-state index contributed by atoms with van der Waals surface area (Å²) in [4.78, 5) is 8.37. The van der Waals surface area contributed by atoms with Gasteiger partial charge >= 0.3 is 0 Å². The highest BCUT2D eigenvalue weighted by Crippen LogP contribution is 2.24. The normalized spacial score (nSPS) is 10.1. The molecule has 100 valence electrons. The van der Waals surface area contributed by atoms with Crippen LogP contribution in [-0.4, -0.2) is 24.2 Å². The average molecular weight is 371 g/mol. The zero-order chi connectivity index (χ0) is 13.7. The van der Waals surface area contributed by atoms with Crippen LogP contribution in [0, 0.1) is 3.57 Å². The summed E-state index contributed by atoms with van der Waals surface area (Å²) in [5.74, 6) is 2.14. The molecule has 0 saturated heterocycles.